The molecule has 0 saturated carbocycles. The summed E-state index contributed by atoms with van der Waals surface area (Å²) in [5, 5.41) is 43.5. The Labute approximate surface area is 297 Å². The lowest BCUT2D eigenvalue weighted by Crippen LogP contribution is -2.63. The van der Waals surface area contributed by atoms with E-state index in [1.54, 1.807) is 52.0 Å². The molecule has 3 saturated heterocycles. The second kappa shape index (κ2) is 19.5. The zero-order chi connectivity index (χ0) is 37.2. The number of esters is 1. The summed E-state index contributed by atoms with van der Waals surface area (Å²) in [7, 11) is 3.07. The van der Waals surface area contributed by atoms with E-state index in [0.717, 1.165) is 0 Å². The Morgan fingerprint density at radius 2 is 1.39 bits per heavy atom. The second-order valence-corrected chi connectivity index (χ2v) is 13.1. The summed E-state index contributed by atoms with van der Waals surface area (Å²) in [4.78, 5) is 28.0. The summed E-state index contributed by atoms with van der Waals surface area (Å²) in [6.07, 6.45) is -15.5. The highest BCUT2D eigenvalue weighted by atomic mass is 16.7. The van der Waals surface area contributed by atoms with Gasteiger partial charge in [-0.05, 0) is 51.8 Å². The predicted molar refractivity (Wildman–Crippen MR) is 174 cm³/mol. The molecule has 1 amide bonds. The molecule has 17 nitrogen and oxygen atoms in total. The molecule has 0 radical (unpaired) electrons. The number of rotatable bonds is 17. The molecule has 0 aromatic heterocycles. The van der Waals surface area contributed by atoms with Gasteiger partial charge in [-0.1, -0.05) is 12.1 Å². The summed E-state index contributed by atoms with van der Waals surface area (Å²) in [6, 6.07) is 6.89. The van der Waals surface area contributed by atoms with Gasteiger partial charge < -0.3 is 72.7 Å². The first-order chi connectivity index (χ1) is 24.3. The largest absolute Gasteiger partial charge is 0.497 e. The Morgan fingerprint density at radius 1 is 0.804 bits per heavy atom. The number of carbonyl (C=O) groups excluding carboxylic acids is 2. The monoisotopic (exact) mass is 731 g/mol. The molecule has 1 aromatic rings. The number of ether oxygens (including phenoxy) is 10. The van der Waals surface area contributed by atoms with E-state index >= 15 is 0 Å². The maximum Gasteiger partial charge on any atom is 0.338 e. The van der Waals surface area contributed by atoms with Crippen LogP contribution in [0.15, 0.2) is 24.3 Å². The Hall–Kier alpha value is -2.52. The van der Waals surface area contributed by atoms with Crippen LogP contribution in [0.25, 0.3) is 0 Å². The van der Waals surface area contributed by atoms with E-state index in [0.29, 0.717) is 24.5 Å². The summed E-state index contributed by atoms with van der Waals surface area (Å²) < 4.78 is 56.1. The van der Waals surface area contributed by atoms with Crippen LogP contribution in [0.1, 0.15) is 39.7 Å². The number of hydrogen-bond acceptors (Lipinski definition) is 16. The molecule has 2 unspecified atom stereocenters. The van der Waals surface area contributed by atoms with Gasteiger partial charge in [0.2, 0.25) is 0 Å². The average molecular weight is 732 g/mol. The van der Waals surface area contributed by atoms with E-state index in [9.17, 15) is 30.0 Å². The number of aliphatic hydroxyl groups is 4. The van der Waals surface area contributed by atoms with Crippen LogP contribution < -0.4 is 4.74 Å². The van der Waals surface area contributed by atoms with Crippen molar-refractivity contribution >= 4 is 11.9 Å². The van der Waals surface area contributed by atoms with Crippen molar-refractivity contribution in [2.45, 2.75) is 121 Å². The fourth-order valence-corrected chi connectivity index (χ4v) is 5.71. The summed E-state index contributed by atoms with van der Waals surface area (Å²) in [5.41, 5.74) is 0.678. The summed E-state index contributed by atoms with van der Waals surface area (Å²) in [6.45, 7) is 7.50. The van der Waals surface area contributed by atoms with Gasteiger partial charge in [0, 0.05) is 13.7 Å². The molecule has 51 heavy (non-hydrogen) atoms. The molecule has 3 fully saturated rings. The van der Waals surface area contributed by atoms with E-state index < -0.39 is 91.8 Å². The summed E-state index contributed by atoms with van der Waals surface area (Å²) >= 11 is 0. The first kappa shape index (κ1) is 41.2. The molecule has 10 atom stereocenters. The van der Waals surface area contributed by atoms with E-state index in [1.807, 2.05) is 0 Å². The number of carbonyl (C=O) groups is 2. The normalized spacial score (nSPS) is 31.6. The molecule has 290 valence electrons. The van der Waals surface area contributed by atoms with Crippen molar-refractivity contribution in [3.05, 3.63) is 29.8 Å². The topological polar surface area (TPSA) is 211 Å². The van der Waals surface area contributed by atoms with Gasteiger partial charge in [0.1, 0.15) is 49.0 Å². The lowest BCUT2D eigenvalue weighted by atomic mass is 9.97. The standard InChI is InChI=1S/C34H53NO16/c1-18(2)48-28-24(37)25(38)33(50-29(28)31(40)35(5)16-22-43-14-15-44-22)46-13-7-12-45-27-23(36)26(39)34(49-19(3)4)51-30(27)32(41)47-17-20-8-10-21(42-6)11-9-20/h8-11,18-19,22-30,33-34,36-39H,7,12-17H2,1-6H3/t23-,24-,25+,26+,27+,28+,29?,30?,33-,34-/m1/s1. The number of hydrogen-bond donors (Lipinski definition) is 4. The molecule has 1 aromatic carbocycles. The van der Waals surface area contributed by atoms with Crippen LogP contribution in [-0.4, -0.2) is 164 Å². The minimum Gasteiger partial charge on any atom is -0.497 e. The quantitative estimate of drug-likeness (QED) is 0.117. The Kier molecular flexibility index (Phi) is 15.8. The highest BCUT2D eigenvalue weighted by molar-refractivity contribution is 5.81. The van der Waals surface area contributed by atoms with E-state index in [-0.39, 0.29) is 32.8 Å². The molecule has 17 heteroatoms. The summed E-state index contributed by atoms with van der Waals surface area (Å²) in [5.74, 6) is -0.735. The van der Waals surface area contributed by atoms with Gasteiger partial charge >= 0.3 is 5.97 Å². The number of aliphatic hydroxyl groups excluding tert-OH is 4. The minimum absolute atomic E-state index is 0.0947. The molecular weight excluding hydrogens is 678 g/mol. The van der Waals surface area contributed by atoms with Crippen molar-refractivity contribution in [3.63, 3.8) is 0 Å². The van der Waals surface area contributed by atoms with Crippen LogP contribution in [0.2, 0.25) is 0 Å². The molecule has 3 aliphatic heterocycles. The number of likely N-dealkylation sites (N-methyl/N-ethyl adjacent to an activating group) is 1. The molecule has 4 rings (SSSR count). The highest BCUT2D eigenvalue weighted by Gasteiger charge is 2.51. The Balaban J connectivity index is 1.35. The van der Waals surface area contributed by atoms with Crippen LogP contribution in [0, 0.1) is 0 Å². The minimum atomic E-state index is -1.58. The number of nitrogens with zero attached hydrogens (tertiary/aromatic N) is 1. The lowest BCUT2D eigenvalue weighted by molar-refractivity contribution is -0.310. The van der Waals surface area contributed by atoms with Crippen LogP contribution in [0.3, 0.4) is 0 Å². The fourth-order valence-electron chi connectivity index (χ4n) is 5.71. The van der Waals surface area contributed by atoms with Gasteiger partial charge in [-0.15, -0.1) is 0 Å². The molecule has 3 aliphatic rings. The average Bonchev–Trinajstić information content (AvgIpc) is 3.61. The van der Waals surface area contributed by atoms with Gasteiger partial charge in [-0.25, -0.2) is 4.79 Å². The maximum atomic E-state index is 13.4. The maximum absolute atomic E-state index is 13.4. The lowest BCUT2D eigenvalue weighted by Gasteiger charge is -2.43. The van der Waals surface area contributed by atoms with Crippen LogP contribution in [0.4, 0.5) is 0 Å². The third-order valence-corrected chi connectivity index (χ3v) is 8.31. The molecule has 4 N–H and O–H groups in total. The van der Waals surface area contributed by atoms with Crippen molar-refractivity contribution in [2.24, 2.45) is 0 Å². The molecule has 0 spiro atoms. The highest BCUT2D eigenvalue weighted by Crippen LogP contribution is 2.29. The molecule has 0 bridgehead atoms. The van der Waals surface area contributed by atoms with E-state index in [4.69, 9.17) is 47.4 Å². The van der Waals surface area contributed by atoms with Gasteiger partial charge in [-0.3, -0.25) is 4.79 Å². The Bertz CT molecular complexity index is 1210. The Morgan fingerprint density at radius 3 is 2.02 bits per heavy atom. The smallest absolute Gasteiger partial charge is 0.338 e. The van der Waals surface area contributed by atoms with E-state index in [2.05, 4.69) is 0 Å². The van der Waals surface area contributed by atoms with Gasteiger partial charge in [0.05, 0.1) is 45.7 Å². The van der Waals surface area contributed by atoms with Gasteiger partial charge in [0.15, 0.2) is 31.1 Å². The van der Waals surface area contributed by atoms with Crippen molar-refractivity contribution in [1.82, 2.24) is 4.90 Å². The number of methoxy groups -OCH3 is 1. The van der Waals surface area contributed by atoms with Crippen LogP contribution in [-0.2, 0) is 58.8 Å². The molecule has 3 heterocycles. The third-order valence-electron chi connectivity index (χ3n) is 8.31. The second-order valence-electron chi connectivity index (χ2n) is 13.1. The first-order valence-electron chi connectivity index (χ1n) is 17.2. The van der Waals surface area contributed by atoms with Gasteiger partial charge in [-0.2, -0.15) is 0 Å². The van der Waals surface area contributed by atoms with Crippen molar-refractivity contribution in [3.8, 4) is 5.75 Å². The zero-order valence-electron chi connectivity index (χ0n) is 29.9. The van der Waals surface area contributed by atoms with Crippen molar-refractivity contribution in [2.75, 3.05) is 47.1 Å². The third kappa shape index (κ3) is 11.2. The van der Waals surface area contributed by atoms with Crippen molar-refractivity contribution < 1.29 is 77.4 Å². The zero-order valence-corrected chi connectivity index (χ0v) is 29.9. The van der Waals surface area contributed by atoms with Gasteiger partial charge in [0.25, 0.3) is 5.91 Å². The fraction of sp³-hybridized carbons (Fsp3) is 0.765. The first-order valence-corrected chi connectivity index (χ1v) is 17.2. The van der Waals surface area contributed by atoms with Crippen LogP contribution in [0.5, 0.6) is 5.75 Å². The van der Waals surface area contributed by atoms with Crippen molar-refractivity contribution in [1.29, 1.82) is 0 Å². The molecule has 0 aliphatic carbocycles. The SMILES string of the molecule is COc1ccc(COC(=O)C2O[C@@H](OC(C)C)[C@@H](O)[C@@H](O)[C@@H]2OCCCO[C@@H]2OC(C(=O)N(C)CC3OCCO3)[C@@H](OC(C)C)[C@H](O)[C@@H]2O)cc1. The van der Waals surface area contributed by atoms with E-state index in [1.165, 1.54) is 19.1 Å². The van der Waals surface area contributed by atoms with Crippen LogP contribution >= 0.6 is 0 Å². The molecular formula is C34H53NO16. The predicted octanol–water partition coefficient (Wildman–Crippen LogP) is -0.526. The number of benzene rings is 1. The number of amides is 1.